The first-order chi connectivity index (χ1) is 20.2. The third-order valence-corrected chi connectivity index (χ3v) is 7.86. The molecule has 1 aliphatic heterocycles. The van der Waals surface area contributed by atoms with Crippen LogP contribution in [0.4, 0.5) is 0 Å². The van der Waals surface area contributed by atoms with Crippen molar-refractivity contribution < 1.29 is 33.3 Å². The van der Waals surface area contributed by atoms with E-state index < -0.39 is 18.0 Å². The molecule has 5 rings (SSSR count). The molecule has 0 amide bonds. The van der Waals surface area contributed by atoms with E-state index >= 15 is 0 Å². The fourth-order valence-electron chi connectivity index (χ4n) is 4.91. The molecular formula is C31H28N2O8S. The molecule has 0 spiro atoms. The van der Waals surface area contributed by atoms with Crippen LogP contribution in [-0.2, 0) is 9.53 Å². The molecule has 0 aliphatic carbocycles. The molecule has 10 nitrogen and oxygen atoms in total. The molecule has 0 fully saturated rings. The number of furan rings is 1. The number of nitrogens with zero attached hydrogens (tertiary/aromatic N) is 2. The summed E-state index contributed by atoms with van der Waals surface area (Å²) in [6, 6.07) is 12.7. The van der Waals surface area contributed by atoms with Gasteiger partial charge in [0, 0.05) is 11.6 Å². The van der Waals surface area contributed by atoms with E-state index in [2.05, 4.69) is 4.99 Å². The van der Waals surface area contributed by atoms with E-state index in [-0.39, 0.29) is 23.3 Å². The fraction of sp³-hybridized carbons (Fsp3) is 0.226. The predicted molar refractivity (Wildman–Crippen MR) is 156 cm³/mol. The summed E-state index contributed by atoms with van der Waals surface area (Å²) in [7, 11) is 3.04. The summed E-state index contributed by atoms with van der Waals surface area (Å²) in [5.74, 6) is 0.354. The van der Waals surface area contributed by atoms with Gasteiger partial charge >= 0.3 is 11.9 Å². The van der Waals surface area contributed by atoms with Gasteiger partial charge in [-0.25, -0.2) is 14.6 Å². The molecule has 0 unspecified atom stereocenters. The number of hydrogen-bond donors (Lipinski definition) is 1. The molecule has 1 N–H and O–H groups in total. The standard InChI is InChI=1S/C31H28N2O8S/c1-6-40-30(37)26-17(3)32-31-33(27(26)18-8-11-23(38-4)24(14-18)39-5)28(34)25(42-31)15-20-9-12-22(41-20)21-10-7-19(29(35)36)13-16(21)2/h7-15,27H,6H2,1-5H3,(H,35,36)/b25-15-/t27-/m1/s1. The van der Waals surface area contributed by atoms with Gasteiger partial charge in [0.25, 0.3) is 5.56 Å². The van der Waals surface area contributed by atoms with Gasteiger partial charge in [-0.15, -0.1) is 0 Å². The highest BCUT2D eigenvalue weighted by Crippen LogP contribution is 2.36. The SMILES string of the molecule is CCOC(=O)C1=C(C)N=c2s/c(=C\c3ccc(-c4ccc(C(=O)O)cc4C)o3)c(=O)n2[C@@H]1c1ccc(OC)c(OC)c1. The molecule has 0 saturated heterocycles. The molecule has 0 bridgehead atoms. The van der Waals surface area contributed by atoms with E-state index in [0.717, 1.165) is 11.1 Å². The number of benzene rings is 2. The Balaban J connectivity index is 1.63. The maximum atomic E-state index is 13.9. The number of aromatic carboxylic acids is 1. The minimum absolute atomic E-state index is 0.165. The van der Waals surface area contributed by atoms with Crippen molar-refractivity contribution >= 4 is 29.4 Å². The molecule has 216 valence electrons. The van der Waals surface area contributed by atoms with E-state index in [0.29, 0.717) is 43.6 Å². The lowest BCUT2D eigenvalue weighted by atomic mass is 9.95. The minimum Gasteiger partial charge on any atom is -0.493 e. The van der Waals surface area contributed by atoms with Crippen LogP contribution in [0.25, 0.3) is 17.4 Å². The van der Waals surface area contributed by atoms with Crippen LogP contribution in [0.2, 0.25) is 0 Å². The topological polar surface area (TPSA) is 130 Å². The summed E-state index contributed by atoms with van der Waals surface area (Å²) in [6.07, 6.45) is 1.63. The highest BCUT2D eigenvalue weighted by molar-refractivity contribution is 7.07. The monoisotopic (exact) mass is 588 g/mol. The maximum Gasteiger partial charge on any atom is 0.338 e. The Hall–Kier alpha value is -4.90. The number of carbonyl (C=O) groups is 2. The van der Waals surface area contributed by atoms with E-state index in [1.807, 2.05) is 0 Å². The molecule has 2 aromatic carbocycles. The zero-order valence-corrected chi connectivity index (χ0v) is 24.4. The lowest BCUT2D eigenvalue weighted by Crippen LogP contribution is -2.39. The molecule has 0 saturated carbocycles. The molecule has 11 heteroatoms. The first-order valence-corrected chi connectivity index (χ1v) is 13.8. The van der Waals surface area contributed by atoms with Crippen molar-refractivity contribution in [3.8, 4) is 22.8 Å². The largest absolute Gasteiger partial charge is 0.493 e. The van der Waals surface area contributed by atoms with Gasteiger partial charge in [-0.1, -0.05) is 23.5 Å². The maximum absolute atomic E-state index is 13.9. The Kier molecular flexibility index (Phi) is 7.86. The number of hydrogen-bond acceptors (Lipinski definition) is 9. The number of carbonyl (C=O) groups excluding carboxylic acids is 1. The van der Waals surface area contributed by atoms with Gasteiger partial charge in [-0.2, -0.15) is 0 Å². The van der Waals surface area contributed by atoms with Gasteiger partial charge in [0.2, 0.25) is 0 Å². The van der Waals surface area contributed by atoms with Crippen molar-refractivity contribution in [1.29, 1.82) is 0 Å². The zero-order valence-electron chi connectivity index (χ0n) is 23.6. The quantitative estimate of drug-likeness (QED) is 0.305. The van der Waals surface area contributed by atoms with E-state index in [9.17, 15) is 19.5 Å². The third-order valence-electron chi connectivity index (χ3n) is 6.88. The highest BCUT2D eigenvalue weighted by atomic mass is 32.1. The Bertz CT molecular complexity index is 1930. The second-order valence-electron chi connectivity index (χ2n) is 9.45. The van der Waals surface area contributed by atoms with Gasteiger partial charge in [-0.05, 0) is 68.3 Å². The van der Waals surface area contributed by atoms with Crippen molar-refractivity contribution in [1.82, 2.24) is 4.57 Å². The lowest BCUT2D eigenvalue weighted by molar-refractivity contribution is -0.139. The number of ether oxygens (including phenoxy) is 3. The van der Waals surface area contributed by atoms with Gasteiger partial charge in [0.15, 0.2) is 16.3 Å². The number of allylic oxidation sites excluding steroid dienone is 1. The number of esters is 1. The number of methoxy groups -OCH3 is 2. The van der Waals surface area contributed by atoms with Crippen LogP contribution in [-0.4, -0.2) is 42.4 Å². The molecule has 4 aromatic rings. The lowest BCUT2D eigenvalue weighted by Gasteiger charge is -2.25. The van der Waals surface area contributed by atoms with Gasteiger partial charge in [-0.3, -0.25) is 9.36 Å². The van der Waals surface area contributed by atoms with Crippen molar-refractivity contribution in [2.24, 2.45) is 4.99 Å². The average molecular weight is 589 g/mol. The van der Waals surface area contributed by atoms with Crippen LogP contribution in [0.3, 0.4) is 0 Å². The smallest absolute Gasteiger partial charge is 0.338 e. The molecule has 3 heterocycles. The molecule has 1 atom stereocenters. The van der Waals surface area contributed by atoms with E-state index in [1.54, 1.807) is 69.3 Å². The first-order valence-electron chi connectivity index (χ1n) is 13.0. The van der Waals surface area contributed by atoms with Gasteiger partial charge in [0.1, 0.15) is 11.5 Å². The molecule has 2 aromatic heterocycles. The van der Waals surface area contributed by atoms with Crippen molar-refractivity contribution in [3.63, 3.8) is 0 Å². The number of carboxylic acid groups (broad SMARTS) is 1. The van der Waals surface area contributed by atoms with Crippen LogP contribution in [0, 0.1) is 6.92 Å². The second kappa shape index (κ2) is 11.5. The second-order valence-corrected chi connectivity index (χ2v) is 10.5. The fourth-order valence-corrected chi connectivity index (χ4v) is 5.93. The van der Waals surface area contributed by atoms with Crippen LogP contribution in [0.15, 0.2) is 74.0 Å². The summed E-state index contributed by atoms with van der Waals surface area (Å²) in [6.45, 7) is 5.40. The van der Waals surface area contributed by atoms with E-state index in [4.69, 9.17) is 18.6 Å². The molecule has 0 radical (unpaired) electrons. The first kappa shape index (κ1) is 28.6. The Morgan fingerprint density at radius 2 is 1.83 bits per heavy atom. The summed E-state index contributed by atoms with van der Waals surface area (Å²) in [5, 5.41) is 9.26. The Morgan fingerprint density at radius 3 is 2.50 bits per heavy atom. The molecular weight excluding hydrogens is 560 g/mol. The zero-order chi connectivity index (χ0) is 30.1. The minimum atomic E-state index is -1.01. The normalized spacial score (nSPS) is 14.8. The number of fused-ring (bicyclic) bond motifs is 1. The highest BCUT2D eigenvalue weighted by Gasteiger charge is 2.34. The number of rotatable bonds is 8. The molecule has 1 aliphatic rings. The van der Waals surface area contributed by atoms with Crippen LogP contribution in [0.1, 0.15) is 47.1 Å². The number of aryl methyl sites for hydroxylation is 1. The van der Waals surface area contributed by atoms with Crippen molar-refractivity contribution in [2.45, 2.75) is 26.8 Å². The average Bonchev–Trinajstić information content (AvgIpc) is 3.55. The van der Waals surface area contributed by atoms with Gasteiger partial charge in [0.05, 0.1) is 48.2 Å². The molecule has 42 heavy (non-hydrogen) atoms. The predicted octanol–water partition coefficient (Wildman–Crippen LogP) is 4.08. The van der Waals surface area contributed by atoms with Gasteiger partial charge < -0.3 is 23.7 Å². The van der Waals surface area contributed by atoms with Crippen LogP contribution >= 0.6 is 11.3 Å². The Morgan fingerprint density at radius 1 is 1.07 bits per heavy atom. The van der Waals surface area contributed by atoms with Crippen molar-refractivity contribution in [2.75, 3.05) is 20.8 Å². The summed E-state index contributed by atoms with van der Waals surface area (Å²) < 4.78 is 24.1. The van der Waals surface area contributed by atoms with Crippen molar-refractivity contribution in [3.05, 3.63) is 102 Å². The number of thiazole rings is 1. The Labute approximate surface area is 244 Å². The third kappa shape index (κ3) is 5.14. The van der Waals surface area contributed by atoms with Crippen LogP contribution in [0.5, 0.6) is 11.5 Å². The van der Waals surface area contributed by atoms with E-state index in [1.165, 1.54) is 36.2 Å². The number of aromatic nitrogens is 1. The summed E-state index contributed by atoms with van der Waals surface area (Å²) in [5.41, 5.74) is 2.64. The number of carboxylic acids is 1. The van der Waals surface area contributed by atoms with Crippen LogP contribution < -0.4 is 24.4 Å². The summed E-state index contributed by atoms with van der Waals surface area (Å²) >= 11 is 1.18. The summed E-state index contributed by atoms with van der Waals surface area (Å²) in [4.78, 5) is 43.4.